The molecule has 0 spiro atoms. The molecule has 0 amide bonds. The van der Waals surface area contributed by atoms with Crippen LogP contribution in [0.15, 0.2) is 60.7 Å². The van der Waals surface area contributed by atoms with Gasteiger partial charge in [-0.1, -0.05) is 48.5 Å². The molecule has 6 aliphatic carbocycles. The first-order valence-electron chi connectivity index (χ1n) is 15.8. The summed E-state index contributed by atoms with van der Waals surface area (Å²) >= 11 is 0. The highest BCUT2D eigenvalue weighted by atomic mass is 14.4. The van der Waals surface area contributed by atoms with Crippen LogP contribution in [0.1, 0.15) is 66.8 Å². The summed E-state index contributed by atoms with van der Waals surface area (Å²) in [5, 5.41) is 19.1. The van der Waals surface area contributed by atoms with Gasteiger partial charge >= 0.3 is 0 Å². The number of benzene rings is 8. The summed E-state index contributed by atoms with van der Waals surface area (Å²) in [6, 6.07) is 24.9. The van der Waals surface area contributed by atoms with E-state index in [0.717, 1.165) is 38.5 Å². The first kappa shape index (κ1) is 19.4. The predicted molar refractivity (Wildman–Crippen MR) is 174 cm³/mol. The summed E-state index contributed by atoms with van der Waals surface area (Å²) < 4.78 is 0. The largest absolute Gasteiger partial charge is 0.0578 e. The Morgan fingerprint density at radius 3 is 0.810 bits per heavy atom. The van der Waals surface area contributed by atoms with Crippen molar-refractivity contribution in [2.24, 2.45) is 0 Å². The molecule has 0 atom stereocenters. The molecule has 0 N–H and O–H groups in total. The summed E-state index contributed by atoms with van der Waals surface area (Å²) in [6.07, 6.45) is 6.50. The molecule has 6 aliphatic rings. The zero-order valence-corrected chi connectivity index (χ0v) is 23.0. The topological polar surface area (TPSA) is 0 Å². The van der Waals surface area contributed by atoms with E-state index >= 15 is 0 Å². The monoisotopic (exact) mass is 526 g/mol. The molecule has 0 nitrogen and oxygen atoms in total. The molecule has 0 unspecified atom stereocenters. The lowest BCUT2D eigenvalue weighted by molar-refractivity contribution is 1.22. The first-order valence-corrected chi connectivity index (χ1v) is 15.8. The standard InChI is InChI=1S/C42H22/c1-3-21-11-25-15-27(29-13-23-7-5-19-9-17(1)31-33(19)37(23)41(29)39(25)35(21)31)28-16-26-12-22-4-2-18-10-20-6-8-24-14-30(28)42-38(24)34(20)32(18)36(22)40(26)42/h1-8,15-16H,9-14H2. The third-order valence-corrected chi connectivity index (χ3v) is 12.6. The molecule has 8 aromatic carbocycles. The van der Waals surface area contributed by atoms with Crippen LogP contribution in [0, 0.1) is 0 Å². The lowest BCUT2D eigenvalue weighted by atomic mass is 9.86. The van der Waals surface area contributed by atoms with Crippen LogP contribution in [0.3, 0.4) is 0 Å². The minimum absolute atomic E-state index is 1.07. The molecule has 0 bridgehead atoms. The van der Waals surface area contributed by atoms with E-state index in [4.69, 9.17) is 0 Å². The van der Waals surface area contributed by atoms with Crippen molar-refractivity contribution in [3.05, 3.63) is 127 Å². The van der Waals surface area contributed by atoms with Gasteiger partial charge in [0.15, 0.2) is 0 Å². The van der Waals surface area contributed by atoms with E-state index in [1.165, 1.54) is 11.1 Å². The quantitative estimate of drug-likeness (QED) is 0.187. The van der Waals surface area contributed by atoms with Gasteiger partial charge in [0.1, 0.15) is 0 Å². The van der Waals surface area contributed by atoms with Gasteiger partial charge in [0.2, 0.25) is 0 Å². The Morgan fingerprint density at radius 2 is 0.476 bits per heavy atom. The van der Waals surface area contributed by atoms with Crippen molar-refractivity contribution in [2.45, 2.75) is 38.5 Å². The van der Waals surface area contributed by atoms with Crippen molar-refractivity contribution in [3.8, 4) is 11.1 Å². The predicted octanol–water partition coefficient (Wildman–Crippen LogP) is 9.70. The first-order chi connectivity index (χ1) is 20.8. The maximum Gasteiger partial charge on any atom is -0.000682 e. The minimum atomic E-state index is 1.07. The van der Waals surface area contributed by atoms with Crippen LogP contribution in [0.5, 0.6) is 0 Å². The van der Waals surface area contributed by atoms with Crippen LogP contribution < -0.4 is 0 Å². The van der Waals surface area contributed by atoms with Gasteiger partial charge in [-0.3, -0.25) is 0 Å². The second kappa shape index (κ2) is 5.68. The zero-order valence-electron chi connectivity index (χ0n) is 23.0. The van der Waals surface area contributed by atoms with E-state index in [2.05, 4.69) is 60.7 Å². The smallest absolute Gasteiger partial charge is 0.000682 e. The van der Waals surface area contributed by atoms with E-state index in [0.29, 0.717) is 0 Å². The summed E-state index contributed by atoms with van der Waals surface area (Å²) in [5.74, 6) is 0. The Bertz CT molecular complexity index is 2610. The molecule has 0 aromatic heterocycles. The second-order valence-corrected chi connectivity index (χ2v) is 14.2. The highest BCUT2D eigenvalue weighted by molar-refractivity contribution is 6.36. The fraction of sp³-hybridized carbons (Fsp3) is 0.143. The Balaban J connectivity index is 1.19. The maximum atomic E-state index is 2.65. The van der Waals surface area contributed by atoms with Crippen molar-refractivity contribution >= 4 is 64.6 Å². The Labute approximate surface area is 241 Å². The van der Waals surface area contributed by atoms with Crippen molar-refractivity contribution in [2.75, 3.05) is 0 Å². The number of rotatable bonds is 1. The molecule has 0 fully saturated rings. The van der Waals surface area contributed by atoms with Crippen molar-refractivity contribution in [1.29, 1.82) is 0 Å². The summed E-state index contributed by atoms with van der Waals surface area (Å²) in [7, 11) is 0. The van der Waals surface area contributed by atoms with Gasteiger partial charge in [0, 0.05) is 0 Å². The Morgan fingerprint density at radius 1 is 0.238 bits per heavy atom. The molecule has 14 rings (SSSR count). The van der Waals surface area contributed by atoms with Gasteiger partial charge in [-0.25, -0.2) is 0 Å². The Kier molecular flexibility index (Phi) is 2.63. The van der Waals surface area contributed by atoms with E-state index < -0.39 is 0 Å². The zero-order chi connectivity index (χ0) is 26.3. The minimum Gasteiger partial charge on any atom is -0.0578 e. The lowest BCUT2D eigenvalue weighted by Crippen LogP contribution is -1.96. The molecule has 0 aliphatic heterocycles. The fourth-order valence-corrected chi connectivity index (χ4v) is 11.2. The molecule has 190 valence electrons. The van der Waals surface area contributed by atoms with Gasteiger partial charge in [0.05, 0.1) is 0 Å². The van der Waals surface area contributed by atoms with Gasteiger partial charge in [-0.15, -0.1) is 0 Å². The average Bonchev–Trinajstić information content (AvgIpc) is 3.82. The van der Waals surface area contributed by atoms with Crippen molar-refractivity contribution in [1.82, 2.24) is 0 Å². The van der Waals surface area contributed by atoms with Crippen LogP contribution >= 0.6 is 0 Å². The lowest BCUT2D eigenvalue weighted by Gasteiger charge is -2.17. The van der Waals surface area contributed by atoms with Gasteiger partial charge in [-0.2, -0.15) is 0 Å². The number of hydrogen-bond donors (Lipinski definition) is 0. The van der Waals surface area contributed by atoms with Crippen LogP contribution in [0.4, 0.5) is 0 Å². The molecule has 0 heterocycles. The normalized spacial score (nSPS) is 16.5. The number of hydrogen-bond acceptors (Lipinski definition) is 0. The van der Waals surface area contributed by atoms with Crippen LogP contribution in [0.25, 0.3) is 75.8 Å². The van der Waals surface area contributed by atoms with Crippen LogP contribution in [0.2, 0.25) is 0 Å². The van der Waals surface area contributed by atoms with Gasteiger partial charge in [0.25, 0.3) is 0 Å². The average molecular weight is 527 g/mol. The molecular formula is C42H22. The van der Waals surface area contributed by atoms with Crippen LogP contribution in [-0.2, 0) is 38.5 Å². The molecule has 0 saturated carbocycles. The summed E-state index contributed by atoms with van der Waals surface area (Å²) in [6.45, 7) is 0. The van der Waals surface area contributed by atoms with E-state index in [1.807, 2.05) is 0 Å². The van der Waals surface area contributed by atoms with Crippen LogP contribution in [-0.4, -0.2) is 0 Å². The summed E-state index contributed by atoms with van der Waals surface area (Å²) in [4.78, 5) is 0. The highest BCUT2D eigenvalue weighted by Crippen LogP contribution is 2.58. The fourth-order valence-electron chi connectivity index (χ4n) is 11.2. The van der Waals surface area contributed by atoms with E-state index in [1.54, 1.807) is 131 Å². The molecule has 0 radical (unpaired) electrons. The van der Waals surface area contributed by atoms with Crippen molar-refractivity contribution < 1.29 is 0 Å². The molecule has 0 saturated heterocycles. The molecular weight excluding hydrogens is 504 g/mol. The third-order valence-electron chi connectivity index (χ3n) is 12.6. The summed E-state index contributed by atoms with van der Waals surface area (Å²) in [5.41, 5.74) is 21.8. The SMILES string of the molecule is c1cc2c3c4c1Cc1ccc5c(c14)c1c(c(-c4cc6c7c8c(ccc9c8c8c(ccc%10c8c7c4C%10)C9)C6)cc(c31)C2)C5. The third kappa shape index (κ3) is 1.72. The van der Waals surface area contributed by atoms with E-state index in [9.17, 15) is 0 Å². The molecule has 42 heavy (non-hydrogen) atoms. The van der Waals surface area contributed by atoms with Gasteiger partial charge in [-0.05, 0) is 193 Å². The second-order valence-electron chi connectivity index (χ2n) is 14.2. The van der Waals surface area contributed by atoms with E-state index in [-0.39, 0.29) is 0 Å². The maximum absolute atomic E-state index is 2.65. The molecule has 0 heteroatoms. The highest BCUT2D eigenvalue weighted by Gasteiger charge is 2.36. The van der Waals surface area contributed by atoms with Crippen molar-refractivity contribution in [3.63, 3.8) is 0 Å². The Hall–Kier alpha value is -4.68. The van der Waals surface area contributed by atoms with Gasteiger partial charge < -0.3 is 0 Å². The molecule has 8 aromatic rings.